The number of carbonyl (C=O) groups is 1. The summed E-state index contributed by atoms with van der Waals surface area (Å²) in [5.74, 6) is 0.0498. The monoisotopic (exact) mass is 188 g/mol. The molecule has 0 radical (unpaired) electrons. The van der Waals surface area contributed by atoms with Crippen molar-refractivity contribution < 1.29 is 9.90 Å². The molecule has 0 aliphatic heterocycles. The van der Waals surface area contributed by atoms with E-state index in [4.69, 9.17) is 5.11 Å². The molecule has 0 bridgehead atoms. The smallest absolute Gasteiger partial charge is 0.236 e. The molecule has 0 rings (SSSR count). The van der Waals surface area contributed by atoms with Gasteiger partial charge in [-0.2, -0.15) is 0 Å². The summed E-state index contributed by atoms with van der Waals surface area (Å²) >= 11 is 0. The van der Waals surface area contributed by atoms with Crippen LogP contribution in [0.5, 0.6) is 0 Å². The maximum absolute atomic E-state index is 11.1. The minimum atomic E-state index is -0.160. The first kappa shape index (κ1) is 12.4. The molecular weight excluding hydrogens is 168 g/mol. The van der Waals surface area contributed by atoms with E-state index in [1.54, 1.807) is 19.0 Å². The number of aliphatic hydroxyl groups is 1. The molecule has 2 N–H and O–H groups in total. The quantitative estimate of drug-likeness (QED) is 0.622. The Hall–Kier alpha value is -0.610. The van der Waals surface area contributed by atoms with Crippen LogP contribution < -0.4 is 5.32 Å². The van der Waals surface area contributed by atoms with E-state index >= 15 is 0 Å². The Morgan fingerprint density at radius 3 is 2.38 bits per heavy atom. The van der Waals surface area contributed by atoms with Crippen molar-refractivity contribution in [2.45, 2.75) is 13.8 Å². The van der Waals surface area contributed by atoms with Gasteiger partial charge in [-0.25, -0.2) is 0 Å². The lowest BCUT2D eigenvalue weighted by Crippen LogP contribution is -2.38. The Morgan fingerprint density at radius 1 is 1.46 bits per heavy atom. The molecular formula is C9H20N2O2. The van der Waals surface area contributed by atoms with Crippen molar-refractivity contribution in [3.8, 4) is 0 Å². The highest BCUT2D eigenvalue weighted by Gasteiger charge is 2.16. The standard InChI is InChI=1S/C9H20N2O2/c1-9(2,7-12)6-10-5-8(13)11(3)4/h10,12H,5-7H2,1-4H3. The summed E-state index contributed by atoms with van der Waals surface area (Å²) in [7, 11) is 3.45. The number of likely N-dealkylation sites (N-methyl/N-ethyl adjacent to an activating group) is 1. The van der Waals surface area contributed by atoms with Crippen molar-refractivity contribution in [1.29, 1.82) is 0 Å². The molecule has 0 aliphatic carbocycles. The van der Waals surface area contributed by atoms with E-state index in [1.165, 1.54) is 0 Å². The Morgan fingerprint density at radius 2 is 2.00 bits per heavy atom. The number of hydrogen-bond acceptors (Lipinski definition) is 3. The lowest BCUT2D eigenvalue weighted by molar-refractivity contribution is -0.127. The minimum absolute atomic E-state index is 0.0498. The molecule has 0 saturated heterocycles. The SMILES string of the molecule is CN(C)C(=O)CNCC(C)(C)CO. The molecule has 78 valence electrons. The molecule has 4 heteroatoms. The molecule has 0 saturated carbocycles. The van der Waals surface area contributed by atoms with Gasteiger partial charge in [0.25, 0.3) is 0 Å². The fraction of sp³-hybridized carbons (Fsp3) is 0.889. The second kappa shape index (κ2) is 5.19. The Bertz CT molecular complexity index is 167. The number of rotatable bonds is 5. The van der Waals surface area contributed by atoms with Gasteiger partial charge in [-0.05, 0) is 0 Å². The third-order valence-corrected chi connectivity index (χ3v) is 1.81. The summed E-state index contributed by atoms with van der Waals surface area (Å²) in [6.07, 6.45) is 0. The summed E-state index contributed by atoms with van der Waals surface area (Å²) < 4.78 is 0. The van der Waals surface area contributed by atoms with Crippen LogP contribution >= 0.6 is 0 Å². The first-order chi connectivity index (χ1) is 5.89. The highest BCUT2D eigenvalue weighted by molar-refractivity contribution is 5.77. The average Bonchev–Trinajstić information content (AvgIpc) is 2.04. The van der Waals surface area contributed by atoms with Crippen LogP contribution in [0.25, 0.3) is 0 Å². The van der Waals surface area contributed by atoms with Crippen LogP contribution in [0, 0.1) is 5.41 Å². The van der Waals surface area contributed by atoms with Crippen LogP contribution in [-0.4, -0.2) is 49.7 Å². The number of hydrogen-bond donors (Lipinski definition) is 2. The Kier molecular flexibility index (Phi) is 4.95. The number of nitrogens with one attached hydrogen (secondary N) is 1. The van der Waals surface area contributed by atoms with Gasteiger partial charge in [0.05, 0.1) is 6.54 Å². The third-order valence-electron chi connectivity index (χ3n) is 1.81. The van der Waals surface area contributed by atoms with Crippen LogP contribution in [0.1, 0.15) is 13.8 Å². The molecule has 0 aromatic heterocycles. The second-order valence-electron chi connectivity index (χ2n) is 4.21. The number of nitrogens with zero attached hydrogens (tertiary/aromatic N) is 1. The molecule has 0 aliphatic rings. The molecule has 13 heavy (non-hydrogen) atoms. The first-order valence-corrected chi connectivity index (χ1v) is 4.41. The van der Waals surface area contributed by atoms with Crippen molar-refractivity contribution >= 4 is 5.91 Å². The highest BCUT2D eigenvalue weighted by atomic mass is 16.3. The van der Waals surface area contributed by atoms with Gasteiger partial charge in [0, 0.05) is 32.7 Å². The largest absolute Gasteiger partial charge is 0.396 e. The molecule has 0 unspecified atom stereocenters. The van der Waals surface area contributed by atoms with E-state index in [2.05, 4.69) is 5.32 Å². The third kappa shape index (κ3) is 5.60. The van der Waals surface area contributed by atoms with Crippen molar-refractivity contribution in [3.05, 3.63) is 0 Å². The summed E-state index contributed by atoms with van der Waals surface area (Å²) in [6, 6.07) is 0. The molecule has 0 atom stereocenters. The van der Waals surface area contributed by atoms with Crippen molar-refractivity contribution in [3.63, 3.8) is 0 Å². The topological polar surface area (TPSA) is 52.6 Å². The van der Waals surface area contributed by atoms with Gasteiger partial charge in [-0.3, -0.25) is 4.79 Å². The predicted molar refractivity (Wildman–Crippen MR) is 52.4 cm³/mol. The van der Waals surface area contributed by atoms with Crippen LogP contribution in [0.2, 0.25) is 0 Å². The number of amides is 1. The number of carbonyl (C=O) groups excluding carboxylic acids is 1. The zero-order valence-electron chi connectivity index (χ0n) is 8.92. The normalized spacial score (nSPS) is 11.5. The molecule has 0 aromatic carbocycles. The molecule has 0 aromatic rings. The van der Waals surface area contributed by atoms with Gasteiger partial charge in [0.2, 0.25) is 5.91 Å². The van der Waals surface area contributed by atoms with Gasteiger partial charge in [0.15, 0.2) is 0 Å². The van der Waals surface area contributed by atoms with Crippen molar-refractivity contribution in [2.75, 3.05) is 33.8 Å². The Labute approximate surface area is 79.9 Å². The maximum atomic E-state index is 11.1. The zero-order chi connectivity index (χ0) is 10.5. The van der Waals surface area contributed by atoms with Crippen LogP contribution in [0.3, 0.4) is 0 Å². The summed E-state index contributed by atoms with van der Waals surface area (Å²) in [6.45, 7) is 4.98. The average molecular weight is 188 g/mol. The molecule has 0 heterocycles. The Balaban J connectivity index is 3.62. The summed E-state index contributed by atoms with van der Waals surface area (Å²) in [5.41, 5.74) is -0.160. The maximum Gasteiger partial charge on any atom is 0.236 e. The molecule has 4 nitrogen and oxygen atoms in total. The van der Waals surface area contributed by atoms with Gasteiger partial charge in [-0.15, -0.1) is 0 Å². The van der Waals surface area contributed by atoms with E-state index in [1.807, 2.05) is 13.8 Å². The van der Waals surface area contributed by atoms with Gasteiger partial charge < -0.3 is 15.3 Å². The second-order valence-corrected chi connectivity index (χ2v) is 4.21. The minimum Gasteiger partial charge on any atom is -0.396 e. The van der Waals surface area contributed by atoms with Gasteiger partial charge >= 0.3 is 0 Å². The summed E-state index contributed by atoms with van der Waals surface area (Å²) in [4.78, 5) is 12.7. The fourth-order valence-electron chi connectivity index (χ4n) is 0.722. The van der Waals surface area contributed by atoms with E-state index in [-0.39, 0.29) is 17.9 Å². The molecule has 1 amide bonds. The van der Waals surface area contributed by atoms with Gasteiger partial charge in [0.1, 0.15) is 0 Å². The predicted octanol–water partition coefficient (Wildman–Crippen LogP) is -0.317. The van der Waals surface area contributed by atoms with E-state index in [0.717, 1.165) is 0 Å². The molecule has 0 fully saturated rings. The summed E-state index contributed by atoms with van der Waals surface area (Å²) in [5, 5.41) is 11.9. The first-order valence-electron chi connectivity index (χ1n) is 4.41. The van der Waals surface area contributed by atoms with Crippen LogP contribution in [0.4, 0.5) is 0 Å². The zero-order valence-corrected chi connectivity index (χ0v) is 8.92. The van der Waals surface area contributed by atoms with Gasteiger partial charge in [-0.1, -0.05) is 13.8 Å². The van der Waals surface area contributed by atoms with Crippen LogP contribution in [0.15, 0.2) is 0 Å². The van der Waals surface area contributed by atoms with Crippen LogP contribution in [-0.2, 0) is 4.79 Å². The fourth-order valence-corrected chi connectivity index (χ4v) is 0.722. The van der Waals surface area contributed by atoms with Crippen molar-refractivity contribution in [2.24, 2.45) is 5.41 Å². The highest BCUT2D eigenvalue weighted by Crippen LogP contribution is 2.10. The van der Waals surface area contributed by atoms with E-state index < -0.39 is 0 Å². The van der Waals surface area contributed by atoms with Crippen molar-refractivity contribution in [1.82, 2.24) is 10.2 Å². The lowest BCUT2D eigenvalue weighted by Gasteiger charge is -2.22. The van der Waals surface area contributed by atoms with E-state index in [9.17, 15) is 4.79 Å². The van der Waals surface area contributed by atoms with E-state index in [0.29, 0.717) is 13.1 Å². The number of aliphatic hydroxyl groups excluding tert-OH is 1. The molecule has 0 spiro atoms. The lowest BCUT2D eigenvalue weighted by atomic mass is 9.95.